The molecule has 0 aromatic heterocycles. The molecule has 0 saturated carbocycles. The topological polar surface area (TPSA) is 72.2 Å². The van der Waals surface area contributed by atoms with Gasteiger partial charge < -0.3 is 5.32 Å². The predicted octanol–water partition coefficient (Wildman–Crippen LogP) is 4.41. The van der Waals surface area contributed by atoms with Gasteiger partial charge in [-0.15, -0.1) is 0 Å². The summed E-state index contributed by atoms with van der Waals surface area (Å²) in [6.45, 7) is 1.96. The molecular weight excluding hydrogens is 407 g/mol. The minimum Gasteiger partial charge on any atom is -0.322 e. The lowest BCUT2D eigenvalue weighted by atomic mass is 10.1. The Hall–Kier alpha value is -1.67. The molecule has 7 heteroatoms. The number of nitro groups is 1. The van der Waals surface area contributed by atoms with Gasteiger partial charge in [0.1, 0.15) is 5.02 Å². The fourth-order valence-corrected chi connectivity index (χ4v) is 2.50. The molecule has 5 nitrogen and oxygen atoms in total. The van der Waals surface area contributed by atoms with Gasteiger partial charge in [0.15, 0.2) is 0 Å². The number of nitrogens with zero attached hydrogens (tertiary/aromatic N) is 1. The first kappa shape index (κ1) is 15.7. The van der Waals surface area contributed by atoms with Crippen LogP contribution in [0.4, 0.5) is 11.4 Å². The van der Waals surface area contributed by atoms with Crippen molar-refractivity contribution in [2.75, 3.05) is 5.32 Å². The minimum atomic E-state index is -0.617. The molecule has 0 atom stereocenters. The van der Waals surface area contributed by atoms with Crippen molar-refractivity contribution >= 4 is 51.5 Å². The number of hydrogen-bond donors (Lipinski definition) is 1. The summed E-state index contributed by atoms with van der Waals surface area (Å²) in [5.41, 5.74) is 1.49. The lowest BCUT2D eigenvalue weighted by molar-refractivity contribution is -0.384. The smallest absolute Gasteiger partial charge is 0.288 e. The molecular formula is C14H10ClIN2O3. The Morgan fingerprint density at radius 3 is 2.67 bits per heavy atom. The van der Waals surface area contributed by atoms with Crippen LogP contribution in [-0.2, 0) is 0 Å². The summed E-state index contributed by atoms with van der Waals surface area (Å²) >= 11 is 8.08. The van der Waals surface area contributed by atoms with Gasteiger partial charge in [0, 0.05) is 15.3 Å². The van der Waals surface area contributed by atoms with Gasteiger partial charge in [-0.05, 0) is 53.3 Å². The number of halogens is 2. The van der Waals surface area contributed by atoms with Crippen molar-refractivity contribution in [3.05, 3.63) is 66.2 Å². The Morgan fingerprint density at radius 2 is 2.05 bits per heavy atom. The molecule has 1 N–H and O–H groups in total. The maximum absolute atomic E-state index is 12.2. The van der Waals surface area contributed by atoms with Crippen LogP contribution in [0.25, 0.3) is 0 Å². The van der Waals surface area contributed by atoms with E-state index in [1.165, 1.54) is 18.2 Å². The summed E-state index contributed by atoms with van der Waals surface area (Å²) in [6.07, 6.45) is 0. The normalized spacial score (nSPS) is 10.2. The first-order valence-electron chi connectivity index (χ1n) is 5.90. The molecule has 0 saturated heterocycles. The van der Waals surface area contributed by atoms with Crippen molar-refractivity contribution in [3.63, 3.8) is 0 Å². The van der Waals surface area contributed by atoms with E-state index in [9.17, 15) is 14.9 Å². The lowest BCUT2D eigenvalue weighted by Gasteiger charge is -2.08. The molecule has 2 aromatic rings. The Morgan fingerprint density at radius 1 is 1.33 bits per heavy atom. The van der Waals surface area contributed by atoms with Crippen LogP contribution >= 0.6 is 34.2 Å². The Kier molecular flexibility index (Phi) is 4.79. The third-order valence-electron chi connectivity index (χ3n) is 2.85. The number of benzene rings is 2. The minimum absolute atomic E-state index is 0.0708. The maximum Gasteiger partial charge on any atom is 0.288 e. The highest BCUT2D eigenvalue weighted by Gasteiger charge is 2.20. The fraction of sp³-hybridized carbons (Fsp3) is 0.0714. The number of nitro benzene ring substituents is 1. The van der Waals surface area contributed by atoms with E-state index in [0.717, 1.165) is 9.13 Å². The van der Waals surface area contributed by atoms with Gasteiger partial charge in [-0.25, -0.2) is 0 Å². The highest BCUT2D eigenvalue weighted by atomic mass is 127. The average Bonchev–Trinajstić information content (AvgIpc) is 2.42. The number of amides is 1. The summed E-state index contributed by atoms with van der Waals surface area (Å²) in [5, 5.41) is 13.3. The second-order valence-corrected chi connectivity index (χ2v) is 5.85. The zero-order chi connectivity index (χ0) is 15.6. The van der Waals surface area contributed by atoms with Crippen molar-refractivity contribution < 1.29 is 9.72 Å². The summed E-state index contributed by atoms with van der Waals surface area (Å²) in [4.78, 5) is 22.4. The van der Waals surface area contributed by atoms with Gasteiger partial charge in [-0.1, -0.05) is 23.7 Å². The molecule has 0 spiro atoms. The standard InChI is InChI=1S/C14H10ClIN2O3/c1-8-5-6-9(7-11(8)16)17-14(19)10-3-2-4-12(13(10)15)18(20)21/h2-7H,1H3,(H,17,19). The summed E-state index contributed by atoms with van der Waals surface area (Å²) in [5.74, 6) is -0.483. The van der Waals surface area contributed by atoms with E-state index >= 15 is 0 Å². The second kappa shape index (κ2) is 6.40. The van der Waals surface area contributed by atoms with Crippen molar-refractivity contribution in [1.29, 1.82) is 0 Å². The highest BCUT2D eigenvalue weighted by Crippen LogP contribution is 2.28. The molecule has 0 aliphatic heterocycles. The number of anilines is 1. The maximum atomic E-state index is 12.2. The second-order valence-electron chi connectivity index (χ2n) is 4.31. The van der Waals surface area contributed by atoms with Gasteiger partial charge >= 0.3 is 0 Å². The zero-order valence-electron chi connectivity index (χ0n) is 10.9. The van der Waals surface area contributed by atoms with Gasteiger partial charge in [0.25, 0.3) is 11.6 Å². The van der Waals surface area contributed by atoms with E-state index in [-0.39, 0.29) is 16.3 Å². The molecule has 1 amide bonds. The van der Waals surface area contributed by atoms with Crippen LogP contribution in [0.3, 0.4) is 0 Å². The van der Waals surface area contributed by atoms with Crippen LogP contribution in [0.2, 0.25) is 5.02 Å². The number of carbonyl (C=O) groups excluding carboxylic acids is 1. The molecule has 0 heterocycles. The van der Waals surface area contributed by atoms with E-state index in [4.69, 9.17) is 11.6 Å². The van der Waals surface area contributed by atoms with Crippen LogP contribution in [0.15, 0.2) is 36.4 Å². The van der Waals surface area contributed by atoms with Crippen LogP contribution < -0.4 is 5.32 Å². The molecule has 0 bridgehead atoms. The van der Waals surface area contributed by atoms with E-state index in [2.05, 4.69) is 27.9 Å². The van der Waals surface area contributed by atoms with Gasteiger partial charge in [0.05, 0.1) is 10.5 Å². The fourth-order valence-electron chi connectivity index (χ4n) is 1.71. The molecule has 2 rings (SSSR count). The zero-order valence-corrected chi connectivity index (χ0v) is 13.8. The highest BCUT2D eigenvalue weighted by molar-refractivity contribution is 14.1. The SMILES string of the molecule is Cc1ccc(NC(=O)c2cccc([N+](=O)[O-])c2Cl)cc1I. The molecule has 0 aliphatic carbocycles. The number of hydrogen-bond acceptors (Lipinski definition) is 3. The molecule has 2 aromatic carbocycles. The van der Waals surface area contributed by atoms with Crippen LogP contribution in [0.1, 0.15) is 15.9 Å². The van der Waals surface area contributed by atoms with Gasteiger partial charge in [-0.3, -0.25) is 14.9 Å². The Labute approximate surface area is 139 Å². The van der Waals surface area contributed by atoms with Crippen LogP contribution in [0, 0.1) is 20.6 Å². The first-order valence-corrected chi connectivity index (χ1v) is 7.36. The van der Waals surface area contributed by atoms with Gasteiger partial charge in [0.2, 0.25) is 0 Å². The van der Waals surface area contributed by atoms with E-state index in [0.29, 0.717) is 5.69 Å². The molecule has 0 fully saturated rings. The molecule has 0 unspecified atom stereocenters. The molecule has 21 heavy (non-hydrogen) atoms. The third-order valence-corrected chi connectivity index (χ3v) is 4.41. The summed E-state index contributed by atoms with van der Waals surface area (Å²) < 4.78 is 1.01. The Balaban J connectivity index is 2.30. The Bertz CT molecular complexity index is 734. The number of rotatable bonds is 3. The molecule has 108 valence electrons. The first-order chi connectivity index (χ1) is 9.90. The quantitative estimate of drug-likeness (QED) is 0.457. The largest absolute Gasteiger partial charge is 0.322 e. The molecule has 0 aliphatic rings. The van der Waals surface area contributed by atoms with Crippen LogP contribution in [-0.4, -0.2) is 10.8 Å². The summed E-state index contributed by atoms with van der Waals surface area (Å²) in [7, 11) is 0. The number of nitrogens with one attached hydrogen (secondary N) is 1. The van der Waals surface area contributed by atoms with Crippen molar-refractivity contribution in [2.24, 2.45) is 0 Å². The van der Waals surface area contributed by atoms with Crippen LogP contribution in [0.5, 0.6) is 0 Å². The monoisotopic (exact) mass is 416 g/mol. The predicted molar refractivity (Wildman–Crippen MR) is 90.0 cm³/mol. The number of carbonyl (C=O) groups is 1. The summed E-state index contributed by atoms with van der Waals surface area (Å²) in [6, 6.07) is 9.60. The lowest BCUT2D eigenvalue weighted by Crippen LogP contribution is -2.13. The average molecular weight is 417 g/mol. The van der Waals surface area contributed by atoms with Crippen molar-refractivity contribution in [2.45, 2.75) is 6.92 Å². The van der Waals surface area contributed by atoms with Crippen molar-refractivity contribution in [3.8, 4) is 0 Å². The van der Waals surface area contributed by atoms with E-state index in [1.54, 1.807) is 6.07 Å². The van der Waals surface area contributed by atoms with Crippen molar-refractivity contribution in [1.82, 2.24) is 0 Å². The van der Waals surface area contributed by atoms with Gasteiger partial charge in [-0.2, -0.15) is 0 Å². The molecule has 0 radical (unpaired) electrons. The number of aryl methyl sites for hydroxylation is 1. The third kappa shape index (κ3) is 3.51. The van der Waals surface area contributed by atoms with E-state index in [1.807, 2.05) is 19.1 Å². The van der Waals surface area contributed by atoms with E-state index < -0.39 is 10.8 Å².